The van der Waals surface area contributed by atoms with Crippen LogP contribution >= 0.6 is 15.9 Å². The third-order valence-electron chi connectivity index (χ3n) is 2.68. The van der Waals surface area contributed by atoms with Crippen LogP contribution in [0.25, 0.3) is 0 Å². The van der Waals surface area contributed by atoms with Gasteiger partial charge in [0.15, 0.2) is 0 Å². The Balaban J connectivity index is 2.08. The molecular formula is C13H14BrN3O2. The highest BCUT2D eigenvalue weighted by atomic mass is 79.9. The van der Waals surface area contributed by atoms with Crippen molar-refractivity contribution in [1.29, 1.82) is 0 Å². The zero-order valence-electron chi connectivity index (χ0n) is 10.6. The summed E-state index contributed by atoms with van der Waals surface area (Å²) in [6, 6.07) is 6.83. The SMILES string of the molecule is COc1cccc(NC(=O)C(C)n2cc(Br)cn2)c1. The molecule has 100 valence electrons. The van der Waals surface area contributed by atoms with Gasteiger partial charge in [-0.15, -0.1) is 0 Å². The number of anilines is 1. The van der Waals surface area contributed by atoms with Gasteiger partial charge in [-0.2, -0.15) is 5.10 Å². The molecule has 1 aromatic heterocycles. The number of nitrogens with zero attached hydrogens (tertiary/aromatic N) is 2. The largest absolute Gasteiger partial charge is 0.497 e. The van der Waals surface area contributed by atoms with Gasteiger partial charge in [0, 0.05) is 18.0 Å². The molecule has 2 aromatic rings. The second kappa shape index (κ2) is 5.88. The van der Waals surface area contributed by atoms with Crippen molar-refractivity contribution in [2.75, 3.05) is 12.4 Å². The van der Waals surface area contributed by atoms with E-state index in [9.17, 15) is 4.79 Å². The second-order valence-electron chi connectivity index (χ2n) is 4.04. The lowest BCUT2D eigenvalue weighted by molar-refractivity contribution is -0.119. The van der Waals surface area contributed by atoms with Gasteiger partial charge >= 0.3 is 0 Å². The summed E-state index contributed by atoms with van der Waals surface area (Å²) in [6.07, 6.45) is 3.41. The monoisotopic (exact) mass is 323 g/mol. The molecule has 1 N–H and O–H groups in total. The van der Waals surface area contributed by atoms with Crippen LogP contribution in [0.2, 0.25) is 0 Å². The number of hydrogen-bond donors (Lipinski definition) is 1. The fraction of sp³-hybridized carbons (Fsp3) is 0.231. The predicted octanol–water partition coefficient (Wildman–Crippen LogP) is 2.85. The van der Waals surface area contributed by atoms with Crippen molar-refractivity contribution in [3.05, 3.63) is 41.1 Å². The van der Waals surface area contributed by atoms with E-state index in [1.807, 2.05) is 18.2 Å². The number of aromatic nitrogens is 2. The Morgan fingerprint density at radius 2 is 2.32 bits per heavy atom. The van der Waals surface area contributed by atoms with Gasteiger partial charge < -0.3 is 10.1 Å². The van der Waals surface area contributed by atoms with E-state index in [0.29, 0.717) is 11.4 Å². The Morgan fingerprint density at radius 3 is 2.95 bits per heavy atom. The van der Waals surface area contributed by atoms with Crippen LogP contribution in [0.5, 0.6) is 5.75 Å². The van der Waals surface area contributed by atoms with E-state index in [1.165, 1.54) is 0 Å². The number of rotatable bonds is 4. The highest BCUT2D eigenvalue weighted by Gasteiger charge is 2.15. The van der Waals surface area contributed by atoms with E-state index in [1.54, 1.807) is 37.2 Å². The first-order chi connectivity index (χ1) is 9.10. The average molecular weight is 324 g/mol. The number of methoxy groups -OCH3 is 1. The number of amides is 1. The maximum Gasteiger partial charge on any atom is 0.248 e. The topological polar surface area (TPSA) is 56.1 Å². The van der Waals surface area contributed by atoms with Crippen LogP contribution in [0, 0.1) is 0 Å². The van der Waals surface area contributed by atoms with E-state index >= 15 is 0 Å². The van der Waals surface area contributed by atoms with Crippen molar-refractivity contribution < 1.29 is 9.53 Å². The first-order valence-corrected chi connectivity index (χ1v) is 6.54. The normalized spacial score (nSPS) is 11.9. The molecule has 6 heteroatoms. The summed E-state index contributed by atoms with van der Waals surface area (Å²) >= 11 is 3.30. The lowest BCUT2D eigenvalue weighted by Crippen LogP contribution is -2.23. The van der Waals surface area contributed by atoms with Gasteiger partial charge in [-0.25, -0.2) is 0 Å². The van der Waals surface area contributed by atoms with Crippen LogP contribution in [-0.2, 0) is 4.79 Å². The molecule has 0 aliphatic heterocycles. The predicted molar refractivity (Wildman–Crippen MR) is 76.3 cm³/mol. The van der Waals surface area contributed by atoms with E-state index in [4.69, 9.17) is 4.74 Å². The molecule has 0 fully saturated rings. The van der Waals surface area contributed by atoms with Gasteiger partial charge in [0.05, 0.1) is 17.8 Å². The lowest BCUT2D eigenvalue weighted by Gasteiger charge is -2.13. The minimum absolute atomic E-state index is 0.135. The maximum atomic E-state index is 12.1. The molecule has 0 aliphatic carbocycles. The molecule has 0 spiro atoms. The minimum Gasteiger partial charge on any atom is -0.497 e. The molecule has 1 unspecified atom stereocenters. The molecule has 19 heavy (non-hydrogen) atoms. The van der Waals surface area contributed by atoms with Crippen LogP contribution in [0.3, 0.4) is 0 Å². The van der Waals surface area contributed by atoms with Crippen molar-refractivity contribution in [3.8, 4) is 5.75 Å². The molecule has 1 aromatic carbocycles. The van der Waals surface area contributed by atoms with Gasteiger partial charge in [0.25, 0.3) is 0 Å². The third-order valence-corrected chi connectivity index (χ3v) is 3.09. The van der Waals surface area contributed by atoms with Crippen LogP contribution in [-0.4, -0.2) is 22.8 Å². The fourth-order valence-electron chi connectivity index (χ4n) is 1.59. The number of nitrogens with one attached hydrogen (secondary N) is 1. The van der Waals surface area contributed by atoms with Crippen molar-refractivity contribution in [2.45, 2.75) is 13.0 Å². The number of carbonyl (C=O) groups excluding carboxylic acids is 1. The first-order valence-electron chi connectivity index (χ1n) is 5.74. The van der Waals surface area contributed by atoms with Crippen molar-refractivity contribution in [2.24, 2.45) is 0 Å². The highest BCUT2D eigenvalue weighted by molar-refractivity contribution is 9.10. The van der Waals surface area contributed by atoms with E-state index in [2.05, 4.69) is 26.3 Å². The van der Waals surface area contributed by atoms with Crippen LogP contribution in [0.4, 0.5) is 5.69 Å². The second-order valence-corrected chi connectivity index (χ2v) is 4.95. The number of carbonyl (C=O) groups is 1. The summed E-state index contributed by atoms with van der Waals surface area (Å²) in [5.41, 5.74) is 0.697. The number of benzene rings is 1. The van der Waals surface area contributed by atoms with E-state index < -0.39 is 6.04 Å². The number of hydrogen-bond acceptors (Lipinski definition) is 3. The first kappa shape index (κ1) is 13.6. The van der Waals surface area contributed by atoms with Crippen molar-refractivity contribution >= 4 is 27.5 Å². The molecule has 1 amide bonds. The smallest absolute Gasteiger partial charge is 0.248 e. The summed E-state index contributed by atoms with van der Waals surface area (Å²) in [4.78, 5) is 12.1. The Bertz CT molecular complexity index is 583. The number of ether oxygens (including phenoxy) is 1. The molecule has 0 saturated carbocycles. The van der Waals surface area contributed by atoms with Crippen LogP contribution in [0.15, 0.2) is 41.1 Å². The molecule has 5 nitrogen and oxygen atoms in total. The van der Waals surface area contributed by atoms with Gasteiger partial charge in [0.1, 0.15) is 11.8 Å². The molecule has 0 bridgehead atoms. The van der Waals surface area contributed by atoms with Gasteiger partial charge in [-0.3, -0.25) is 9.48 Å². The van der Waals surface area contributed by atoms with Crippen molar-refractivity contribution in [1.82, 2.24) is 9.78 Å². The molecule has 1 heterocycles. The van der Waals surface area contributed by atoms with Gasteiger partial charge in [0.2, 0.25) is 5.91 Å². The summed E-state index contributed by atoms with van der Waals surface area (Å²) < 4.78 is 7.55. The maximum absolute atomic E-state index is 12.1. The summed E-state index contributed by atoms with van der Waals surface area (Å²) in [5, 5.41) is 6.93. The van der Waals surface area contributed by atoms with Crippen LogP contribution < -0.4 is 10.1 Å². The van der Waals surface area contributed by atoms with Crippen molar-refractivity contribution in [3.63, 3.8) is 0 Å². The fourth-order valence-corrected chi connectivity index (χ4v) is 1.90. The Morgan fingerprint density at radius 1 is 1.53 bits per heavy atom. The lowest BCUT2D eigenvalue weighted by atomic mass is 10.2. The van der Waals surface area contributed by atoms with E-state index in [0.717, 1.165) is 4.47 Å². The zero-order chi connectivity index (χ0) is 13.8. The Kier molecular flexibility index (Phi) is 4.21. The number of halogens is 1. The van der Waals surface area contributed by atoms with Crippen LogP contribution in [0.1, 0.15) is 13.0 Å². The third kappa shape index (κ3) is 3.35. The van der Waals surface area contributed by atoms with Gasteiger partial charge in [-0.1, -0.05) is 6.07 Å². The summed E-state index contributed by atoms with van der Waals surface area (Å²) in [7, 11) is 1.59. The summed E-state index contributed by atoms with van der Waals surface area (Å²) in [6.45, 7) is 1.79. The molecule has 0 radical (unpaired) electrons. The standard InChI is InChI=1S/C13H14BrN3O2/c1-9(17-8-10(14)7-15-17)13(18)16-11-4-3-5-12(6-11)19-2/h3-9H,1-2H3,(H,16,18). The highest BCUT2D eigenvalue weighted by Crippen LogP contribution is 2.18. The molecule has 0 aliphatic rings. The van der Waals surface area contributed by atoms with Gasteiger partial charge in [-0.05, 0) is 35.0 Å². The van der Waals surface area contributed by atoms with E-state index in [-0.39, 0.29) is 5.91 Å². The molecule has 0 saturated heterocycles. The molecule has 2 rings (SSSR count). The Labute approximate surface area is 119 Å². The average Bonchev–Trinajstić information content (AvgIpc) is 2.84. The zero-order valence-corrected chi connectivity index (χ0v) is 12.2. The Hall–Kier alpha value is -1.82. The molecular weight excluding hydrogens is 310 g/mol. The summed E-state index contributed by atoms with van der Waals surface area (Å²) in [5.74, 6) is 0.566. The molecule has 1 atom stereocenters. The quantitative estimate of drug-likeness (QED) is 0.941. The minimum atomic E-state index is -0.391.